The lowest BCUT2D eigenvalue weighted by molar-refractivity contribution is 1.15. The highest BCUT2D eigenvalue weighted by Gasteiger charge is 2.00. The summed E-state index contributed by atoms with van der Waals surface area (Å²) in [6.45, 7) is 4.29. The Bertz CT molecular complexity index is 483. The van der Waals surface area contributed by atoms with Crippen LogP contribution < -0.4 is 0 Å². The molecule has 0 aliphatic heterocycles. The van der Waals surface area contributed by atoms with Gasteiger partial charge in [0.05, 0.1) is 0 Å². The summed E-state index contributed by atoms with van der Waals surface area (Å²) in [5.74, 6) is 0. The third-order valence-electron chi connectivity index (χ3n) is 2.81. The zero-order valence-electron chi connectivity index (χ0n) is 9.63. The maximum atomic E-state index is 5.87. The van der Waals surface area contributed by atoms with Crippen LogP contribution in [0.15, 0.2) is 42.5 Å². The van der Waals surface area contributed by atoms with Gasteiger partial charge in [0.25, 0.3) is 0 Å². The minimum absolute atomic E-state index is 0.796. The second-order valence-corrected chi connectivity index (χ2v) is 4.67. The molecule has 0 saturated carbocycles. The molecule has 16 heavy (non-hydrogen) atoms. The Morgan fingerprint density at radius 3 is 2.25 bits per heavy atom. The molecule has 0 unspecified atom stereocenters. The van der Waals surface area contributed by atoms with Crippen LogP contribution in [-0.4, -0.2) is 0 Å². The highest BCUT2D eigenvalue weighted by atomic mass is 35.5. The van der Waals surface area contributed by atoms with E-state index in [1.54, 1.807) is 0 Å². The van der Waals surface area contributed by atoms with Crippen LogP contribution in [0.2, 0.25) is 5.02 Å². The Kier molecular flexibility index (Phi) is 3.31. The van der Waals surface area contributed by atoms with E-state index in [2.05, 4.69) is 44.2 Å². The van der Waals surface area contributed by atoms with Gasteiger partial charge < -0.3 is 0 Å². The summed E-state index contributed by atoms with van der Waals surface area (Å²) < 4.78 is 0. The van der Waals surface area contributed by atoms with Gasteiger partial charge in [0.2, 0.25) is 0 Å². The molecule has 0 saturated heterocycles. The van der Waals surface area contributed by atoms with Gasteiger partial charge in [0, 0.05) is 5.02 Å². The zero-order chi connectivity index (χ0) is 11.5. The van der Waals surface area contributed by atoms with Crippen molar-refractivity contribution in [2.24, 2.45) is 0 Å². The molecule has 2 aromatic carbocycles. The lowest BCUT2D eigenvalue weighted by Gasteiger charge is -2.07. The highest BCUT2D eigenvalue weighted by molar-refractivity contribution is 6.30. The van der Waals surface area contributed by atoms with Crippen molar-refractivity contribution >= 4 is 11.6 Å². The van der Waals surface area contributed by atoms with Crippen molar-refractivity contribution in [2.45, 2.75) is 20.3 Å². The quantitative estimate of drug-likeness (QED) is 0.710. The smallest absolute Gasteiger partial charge is 0.0406 e. The van der Waals surface area contributed by atoms with Crippen LogP contribution in [0.4, 0.5) is 0 Å². The fraction of sp³-hybridized carbons (Fsp3) is 0.200. The molecule has 82 valence electrons. The summed E-state index contributed by atoms with van der Waals surface area (Å²) in [5.41, 5.74) is 5.36. The predicted molar refractivity (Wildman–Crippen MR) is 70.2 cm³/mol. The van der Waals surface area contributed by atoms with E-state index in [1.807, 2.05) is 12.1 Å². The van der Waals surface area contributed by atoms with Crippen molar-refractivity contribution in [3.05, 3.63) is 69.7 Å². The molecule has 0 N–H and O–H groups in total. The lowest BCUT2D eigenvalue weighted by Crippen LogP contribution is -1.92. The summed E-state index contributed by atoms with van der Waals surface area (Å²) >= 11 is 5.87. The van der Waals surface area contributed by atoms with Gasteiger partial charge in [-0.05, 0) is 49.1 Å². The van der Waals surface area contributed by atoms with Crippen LogP contribution in [-0.2, 0) is 6.42 Å². The third kappa shape index (κ3) is 2.65. The molecule has 0 aromatic heterocycles. The molecule has 0 bridgehead atoms. The highest BCUT2D eigenvalue weighted by Crippen LogP contribution is 2.17. The molecule has 0 amide bonds. The van der Waals surface area contributed by atoms with Crippen LogP contribution in [0, 0.1) is 13.8 Å². The first kappa shape index (κ1) is 11.2. The van der Waals surface area contributed by atoms with Gasteiger partial charge in [0.15, 0.2) is 0 Å². The molecule has 0 fully saturated rings. The molecular weight excluding hydrogens is 216 g/mol. The van der Waals surface area contributed by atoms with Crippen LogP contribution >= 0.6 is 11.6 Å². The van der Waals surface area contributed by atoms with Crippen molar-refractivity contribution in [1.29, 1.82) is 0 Å². The number of aryl methyl sites for hydroxylation is 2. The maximum Gasteiger partial charge on any atom is 0.0406 e. The fourth-order valence-corrected chi connectivity index (χ4v) is 1.99. The van der Waals surface area contributed by atoms with Crippen LogP contribution in [0.5, 0.6) is 0 Å². The Morgan fingerprint density at radius 1 is 0.938 bits per heavy atom. The summed E-state index contributed by atoms with van der Waals surface area (Å²) in [5, 5.41) is 0.796. The standard InChI is InChI=1S/C15H15Cl/c1-11-3-6-14(12(2)9-11)10-13-4-7-15(16)8-5-13/h3-9H,10H2,1-2H3. The van der Waals surface area contributed by atoms with Gasteiger partial charge in [0.1, 0.15) is 0 Å². The van der Waals surface area contributed by atoms with Crippen molar-refractivity contribution in [2.75, 3.05) is 0 Å². The summed E-state index contributed by atoms with van der Waals surface area (Å²) in [6, 6.07) is 14.7. The minimum Gasteiger partial charge on any atom is -0.0843 e. The van der Waals surface area contributed by atoms with Gasteiger partial charge in [-0.25, -0.2) is 0 Å². The largest absolute Gasteiger partial charge is 0.0843 e. The SMILES string of the molecule is Cc1ccc(Cc2ccc(Cl)cc2)c(C)c1. The Hall–Kier alpha value is -1.27. The fourth-order valence-electron chi connectivity index (χ4n) is 1.87. The first-order valence-corrected chi connectivity index (χ1v) is 5.83. The summed E-state index contributed by atoms with van der Waals surface area (Å²) in [4.78, 5) is 0. The number of rotatable bonds is 2. The van der Waals surface area contributed by atoms with E-state index in [4.69, 9.17) is 11.6 Å². The molecule has 0 nitrogen and oxygen atoms in total. The van der Waals surface area contributed by atoms with E-state index in [0.29, 0.717) is 0 Å². The van der Waals surface area contributed by atoms with Gasteiger partial charge in [-0.1, -0.05) is 47.5 Å². The van der Waals surface area contributed by atoms with E-state index in [9.17, 15) is 0 Å². The average Bonchev–Trinajstić information content (AvgIpc) is 2.25. The zero-order valence-corrected chi connectivity index (χ0v) is 10.4. The second-order valence-electron chi connectivity index (χ2n) is 4.23. The predicted octanol–water partition coefficient (Wildman–Crippen LogP) is 4.55. The van der Waals surface area contributed by atoms with Gasteiger partial charge >= 0.3 is 0 Å². The van der Waals surface area contributed by atoms with Crippen LogP contribution in [0.25, 0.3) is 0 Å². The van der Waals surface area contributed by atoms with Crippen LogP contribution in [0.3, 0.4) is 0 Å². The van der Waals surface area contributed by atoms with Gasteiger partial charge in [-0.15, -0.1) is 0 Å². The van der Waals surface area contributed by atoms with E-state index in [1.165, 1.54) is 22.3 Å². The van der Waals surface area contributed by atoms with E-state index < -0.39 is 0 Å². The molecule has 0 atom stereocenters. The average molecular weight is 231 g/mol. The van der Waals surface area contributed by atoms with E-state index in [-0.39, 0.29) is 0 Å². The first-order valence-electron chi connectivity index (χ1n) is 5.46. The summed E-state index contributed by atoms with van der Waals surface area (Å²) in [7, 11) is 0. The maximum absolute atomic E-state index is 5.87. The molecule has 0 heterocycles. The minimum atomic E-state index is 0.796. The Labute approximate surface area is 102 Å². The van der Waals surface area contributed by atoms with Crippen molar-refractivity contribution < 1.29 is 0 Å². The molecule has 0 radical (unpaired) electrons. The van der Waals surface area contributed by atoms with E-state index >= 15 is 0 Å². The molecule has 2 aromatic rings. The number of hydrogen-bond donors (Lipinski definition) is 0. The monoisotopic (exact) mass is 230 g/mol. The second kappa shape index (κ2) is 4.71. The van der Waals surface area contributed by atoms with Crippen molar-refractivity contribution in [3.63, 3.8) is 0 Å². The number of halogens is 1. The topological polar surface area (TPSA) is 0 Å². The number of hydrogen-bond acceptors (Lipinski definition) is 0. The first-order chi connectivity index (χ1) is 7.65. The molecule has 1 heteroatoms. The van der Waals surface area contributed by atoms with Crippen molar-refractivity contribution in [1.82, 2.24) is 0 Å². The lowest BCUT2D eigenvalue weighted by atomic mass is 9.99. The molecule has 0 aliphatic rings. The van der Waals surface area contributed by atoms with E-state index in [0.717, 1.165) is 11.4 Å². The molecule has 2 rings (SSSR count). The van der Waals surface area contributed by atoms with Gasteiger partial charge in [-0.2, -0.15) is 0 Å². The van der Waals surface area contributed by atoms with Gasteiger partial charge in [-0.3, -0.25) is 0 Å². The third-order valence-corrected chi connectivity index (χ3v) is 3.06. The molecule has 0 aliphatic carbocycles. The Morgan fingerprint density at radius 2 is 1.62 bits per heavy atom. The Balaban J connectivity index is 2.23. The molecule has 0 spiro atoms. The normalized spacial score (nSPS) is 10.4. The number of benzene rings is 2. The summed E-state index contributed by atoms with van der Waals surface area (Å²) in [6.07, 6.45) is 0.975. The van der Waals surface area contributed by atoms with Crippen LogP contribution in [0.1, 0.15) is 22.3 Å². The van der Waals surface area contributed by atoms with Crippen molar-refractivity contribution in [3.8, 4) is 0 Å². The molecular formula is C15H15Cl.